The molecule has 2 aromatic rings. The van der Waals surface area contributed by atoms with E-state index in [0.29, 0.717) is 0 Å². The van der Waals surface area contributed by atoms with Gasteiger partial charge in [0, 0.05) is 19.2 Å². The highest BCUT2D eigenvalue weighted by Gasteiger charge is 2.12. The van der Waals surface area contributed by atoms with Crippen LogP contribution in [0.2, 0.25) is 0 Å². The number of furan rings is 1. The topological polar surface area (TPSA) is 68.3 Å². The Balaban J connectivity index is 2.18. The molecule has 0 N–H and O–H groups in total. The van der Waals surface area contributed by atoms with E-state index >= 15 is 0 Å². The predicted molar refractivity (Wildman–Crippen MR) is 75.1 cm³/mol. The molecule has 0 spiro atoms. The average molecular weight is 275 g/mol. The van der Waals surface area contributed by atoms with Crippen LogP contribution in [0.3, 0.4) is 0 Å². The highest BCUT2D eigenvalue weighted by atomic mass is 16.3. The van der Waals surface area contributed by atoms with Gasteiger partial charge in [-0.3, -0.25) is 9.59 Å². The van der Waals surface area contributed by atoms with E-state index < -0.39 is 0 Å². The number of carbonyl (C=O) groups is 1. The zero-order valence-electron chi connectivity index (χ0n) is 11.6. The number of ketones is 1. The summed E-state index contributed by atoms with van der Waals surface area (Å²) in [5.74, 6) is -0.0493. The van der Waals surface area contributed by atoms with Crippen molar-refractivity contribution in [3.63, 3.8) is 0 Å². The fourth-order valence-corrected chi connectivity index (χ4v) is 1.96. The summed E-state index contributed by atoms with van der Waals surface area (Å²) in [7, 11) is 0. The van der Waals surface area contributed by atoms with Crippen molar-refractivity contribution in [3.05, 3.63) is 46.8 Å². The molecule has 0 saturated carbocycles. The highest BCUT2D eigenvalue weighted by Crippen LogP contribution is 2.08. The summed E-state index contributed by atoms with van der Waals surface area (Å²) in [6.07, 6.45) is 3.02. The van der Waals surface area contributed by atoms with Crippen molar-refractivity contribution in [2.45, 2.75) is 20.4 Å². The average Bonchev–Trinajstić information content (AvgIpc) is 2.97. The van der Waals surface area contributed by atoms with Gasteiger partial charge in [0.15, 0.2) is 5.76 Å². The molecule has 2 heterocycles. The molecule has 0 amide bonds. The molecule has 6 nitrogen and oxygen atoms in total. The summed E-state index contributed by atoms with van der Waals surface area (Å²) in [6, 6.07) is 4.69. The van der Waals surface area contributed by atoms with Crippen LogP contribution < -0.4 is 10.5 Å². The van der Waals surface area contributed by atoms with Gasteiger partial charge in [-0.1, -0.05) is 0 Å². The smallest absolute Gasteiger partial charge is 0.269 e. The van der Waals surface area contributed by atoms with Crippen LogP contribution in [0.25, 0.3) is 0 Å². The predicted octanol–water partition coefficient (Wildman–Crippen LogP) is 1.57. The molecule has 106 valence electrons. The zero-order valence-corrected chi connectivity index (χ0v) is 11.6. The van der Waals surface area contributed by atoms with Crippen LogP contribution in [0.15, 0.2) is 39.9 Å². The number of anilines is 1. The van der Waals surface area contributed by atoms with Gasteiger partial charge in [-0.15, -0.1) is 0 Å². The van der Waals surface area contributed by atoms with Gasteiger partial charge in [-0.25, -0.2) is 4.68 Å². The Morgan fingerprint density at radius 2 is 2.15 bits per heavy atom. The number of aromatic nitrogens is 2. The fourth-order valence-electron chi connectivity index (χ4n) is 1.96. The number of hydrogen-bond acceptors (Lipinski definition) is 5. The molecular formula is C14H17N3O3. The highest BCUT2D eigenvalue weighted by molar-refractivity contribution is 5.93. The normalized spacial score (nSPS) is 10.5. The molecule has 0 atom stereocenters. The third-order valence-electron chi connectivity index (χ3n) is 3.07. The lowest BCUT2D eigenvalue weighted by Gasteiger charge is -2.20. The largest absolute Gasteiger partial charge is 0.461 e. The van der Waals surface area contributed by atoms with E-state index in [9.17, 15) is 9.59 Å². The van der Waals surface area contributed by atoms with Crippen LogP contribution in [-0.4, -0.2) is 28.7 Å². The Morgan fingerprint density at radius 1 is 1.40 bits per heavy atom. The maximum absolute atomic E-state index is 12.0. The number of Topliss-reactive ketones (excluding diaryl/α,β-unsaturated/α-hetero) is 1. The minimum Gasteiger partial charge on any atom is -0.461 e. The fraction of sp³-hybridized carbons (Fsp3) is 0.357. The minimum absolute atomic E-state index is 0.120. The van der Waals surface area contributed by atoms with E-state index in [1.807, 2.05) is 18.7 Å². The van der Waals surface area contributed by atoms with Crippen LogP contribution in [-0.2, 0) is 6.54 Å². The monoisotopic (exact) mass is 275 g/mol. The van der Waals surface area contributed by atoms with Gasteiger partial charge in [0.1, 0.15) is 6.54 Å². The second kappa shape index (κ2) is 6.18. The summed E-state index contributed by atoms with van der Waals surface area (Å²) >= 11 is 0. The second-order valence-corrected chi connectivity index (χ2v) is 4.28. The number of rotatable bonds is 6. The second-order valence-electron chi connectivity index (χ2n) is 4.28. The van der Waals surface area contributed by atoms with Crippen molar-refractivity contribution in [1.82, 2.24) is 9.78 Å². The minimum atomic E-state index is -0.297. The first kappa shape index (κ1) is 14.0. The number of hydrogen-bond donors (Lipinski definition) is 0. The van der Waals surface area contributed by atoms with Gasteiger partial charge in [-0.05, 0) is 26.0 Å². The SMILES string of the molecule is CCN(CC)c1cnn(CC(=O)c2ccco2)c(=O)c1. The van der Waals surface area contributed by atoms with E-state index in [1.165, 1.54) is 12.3 Å². The standard InChI is InChI=1S/C14H17N3O3/c1-3-16(4-2)11-8-14(19)17(15-9-11)10-12(18)13-6-5-7-20-13/h5-9H,3-4,10H2,1-2H3. The van der Waals surface area contributed by atoms with Crippen molar-refractivity contribution in [2.24, 2.45) is 0 Å². The van der Waals surface area contributed by atoms with Gasteiger partial charge in [0.2, 0.25) is 5.78 Å². The molecule has 0 radical (unpaired) electrons. The third-order valence-corrected chi connectivity index (χ3v) is 3.07. The van der Waals surface area contributed by atoms with Crippen molar-refractivity contribution in [2.75, 3.05) is 18.0 Å². The van der Waals surface area contributed by atoms with E-state index in [1.54, 1.807) is 18.3 Å². The molecule has 0 aromatic carbocycles. The molecule has 2 aromatic heterocycles. The first-order valence-corrected chi connectivity index (χ1v) is 6.54. The molecule has 0 aliphatic rings. The maximum atomic E-state index is 12.0. The van der Waals surface area contributed by atoms with Crippen LogP contribution in [0, 0.1) is 0 Å². The summed E-state index contributed by atoms with van der Waals surface area (Å²) in [4.78, 5) is 25.8. The molecule has 20 heavy (non-hydrogen) atoms. The lowest BCUT2D eigenvalue weighted by Crippen LogP contribution is -2.29. The lowest BCUT2D eigenvalue weighted by molar-refractivity contribution is 0.0938. The molecule has 0 fully saturated rings. The van der Waals surface area contributed by atoms with E-state index in [0.717, 1.165) is 23.5 Å². The summed E-state index contributed by atoms with van der Waals surface area (Å²) < 4.78 is 6.14. The first-order valence-electron chi connectivity index (χ1n) is 6.54. The van der Waals surface area contributed by atoms with Gasteiger partial charge in [-0.2, -0.15) is 5.10 Å². The molecule has 0 bridgehead atoms. The first-order chi connectivity index (χ1) is 9.65. The Hall–Kier alpha value is -2.37. The van der Waals surface area contributed by atoms with Crippen molar-refractivity contribution < 1.29 is 9.21 Å². The molecular weight excluding hydrogens is 258 g/mol. The Kier molecular flexibility index (Phi) is 4.34. The van der Waals surface area contributed by atoms with E-state index in [2.05, 4.69) is 5.10 Å². The lowest BCUT2D eigenvalue weighted by atomic mass is 10.3. The van der Waals surface area contributed by atoms with Crippen molar-refractivity contribution in [1.29, 1.82) is 0 Å². The van der Waals surface area contributed by atoms with Crippen LogP contribution >= 0.6 is 0 Å². The number of nitrogens with zero attached hydrogens (tertiary/aromatic N) is 3. The summed E-state index contributed by atoms with van der Waals surface area (Å²) in [5, 5.41) is 4.04. The maximum Gasteiger partial charge on any atom is 0.269 e. The molecule has 6 heteroatoms. The van der Waals surface area contributed by atoms with E-state index in [-0.39, 0.29) is 23.6 Å². The molecule has 2 rings (SSSR count). The van der Waals surface area contributed by atoms with Gasteiger partial charge in [0.05, 0.1) is 18.1 Å². The molecule has 0 saturated heterocycles. The molecule has 0 unspecified atom stereocenters. The summed E-state index contributed by atoms with van der Waals surface area (Å²) in [5.41, 5.74) is 0.469. The molecule has 0 aliphatic heterocycles. The molecule has 0 aliphatic carbocycles. The zero-order chi connectivity index (χ0) is 14.5. The van der Waals surface area contributed by atoms with Crippen LogP contribution in [0.4, 0.5) is 5.69 Å². The van der Waals surface area contributed by atoms with Gasteiger partial charge >= 0.3 is 0 Å². The Morgan fingerprint density at radius 3 is 2.70 bits per heavy atom. The summed E-state index contributed by atoms with van der Waals surface area (Å²) in [6.45, 7) is 5.50. The van der Waals surface area contributed by atoms with Crippen LogP contribution in [0.5, 0.6) is 0 Å². The quantitative estimate of drug-likeness (QED) is 0.748. The van der Waals surface area contributed by atoms with Crippen molar-refractivity contribution >= 4 is 11.5 Å². The van der Waals surface area contributed by atoms with E-state index in [4.69, 9.17) is 4.42 Å². The Bertz CT molecular complexity index is 627. The van der Waals surface area contributed by atoms with Gasteiger partial charge < -0.3 is 9.32 Å². The van der Waals surface area contributed by atoms with Crippen molar-refractivity contribution in [3.8, 4) is 0 Å². The van der Waals surface area contributed by atoms with Gasteiger partial charge in [0.25, 0.3) is 5.56 Å². The van der Waals surface area contributed by atoms with Crippen LogP contribution in [0.1, 0.15) is 24.4 Å². The Labute approximate surface area is 116 Å². The third kappa shape index (κ3) is 2.96. The number of carbonyl (C=O) groups excluding carboxylic acids is 1.